The zero-order valence-electron chi connectivity index (χ0n) is 9.93. The van der Waals surface area contributed by atoms with Crippen LogP contribution >= 0.6 is 15.9 Å². The molecule has 1 fully saturated rings. The van der Waals surface area contributed by atoms with Gasteiger partial charge in [-0.25, -0.2) is 8.78 Å². The lowest BCUT2D eigenvalue weighted by Crippen LogP contribution is -2.31. The van der Waals surface area contributed by atoms with Gasteiger partial charge in [0.05, 0.1) is 4.47 Å². The van der Waals surface area contributed by atoms with E-state index < -0.39 is 11.6 Å². The normalized spacial score (nSPS) is 24.8. The Balaban J connectivity index is 2.19. The fourth-order valence-electron chi connectivity index (χ4n) is 2.36. The van der Waals surface area contributed by atoms with Gasteiger partial charge in [0.1, 0.15) is 11.6 Å². The molecule has 0 spiro atoms. The summed E-state index contributed by atoms with van der Waals surface area (Å²) in [7, 11) is 1.85. The van der Waals surface area contributed by atoms with Crippen molar-refractivity contribution >= 4 is 15.9 Å². The average molecular weight is 304 g/mol. The Kier molecular flexibility index (Phi) is 3.83. The topological polar surface area (TPSA) is 12.0 Å². The summed E-state index contributed by atoms with van der Waals surface area (Å²) in [6.07, 6.45) is 1.55. The number of rotatable bonds is 4. The smallest absolute Gasteiger partial charge is 0.143 e. The van der Waals surface area contributed by atoms with Crippen LogP contribution < -0.4 is 5.32 Å². The number of hydrogen-bond acceptors (Lipinski definition) is 1. The summed E-state index contributed by atoms with van der Waals surface area (Å²) in [5.41, 5.74) is 0.179. The van der Waals surface area contributed by atoms with E-state index in [0.29, 0.717) is 22.7 Å². The van der Waals surface area contributed by atoms with Crippen LogP contribution in [0.5, 0.6) is 0 Å². The number of likely N-dealkylation sites (N-methyl/N-ethyl adjacent to an activating group) is 1. The molecule has 1 aromatic rings. The van der Waals surface area contributed by atoms with E-state index in [2.05, 4.69) is 28.2 Å². The molecule has 0 heterocycles. The largest absolute Gasteiger partial charge is 0.316 e. The van der Waals surface area contributed by atoms with Crippen LogP contribution in [0.15, 0.2) is 16.6 Å². The molecule has 1 aromatic carbocycles. The first-order chi connectivity index (χ1) is 8.04. The van der Waals surface area contributed by atoms with Gasteiger partial charge in [0, 0.05) is 11.6 Å². The van der Waals surface area contributed by atoms with Crippen LogP contribution in [-0.4, -0.2) is 13.1 Å². The third-order valence-electron chi connectivity index (χ3n) is 3.62. The molecule has 3 atom stereocenters. The Morgan fingerprint density at radius 2 is 2.12 bits per heavy atom. The first-order valence-corrected chi connectivity index (χ1v) is 6.63. The zero-order chi connectivity index (χ0) is 12.6. The van der Waals surface area contributed by atoms with Crippen molar-refractivity contribution in [2.45, 2.75) is 25.8 Å². The summed E-state index contributed by atoms with van der Waals surface area (Å²) in [4.78, 5) is 0. The van der Waals surface area contributed by atoms with E-state index in [1.54, 1.807) is 0 Å². The highest BCUT2D eigenvalue weighted by Gasteiger charge is 2.39. The number of hydrogen-bond donors (Lipinski definition) is 1. The standard InChI is InChI=1S/C13H16BrF2N/c1-7-5-8(7)12(17-2)6-9-11(15)4-3-10(14)13(9)16/h3-4,7-8,12,17H,5-6H2,1-2H3. The van der Waals surface area contributed by atoms with Crippen molar-refractivity contribution in [3.05, 3.63) is 33.8 Å². The molecular formula is C13H16BrF2N. The molecule has 17 heavy (non-hydrogen) atoms. The van der Waals surface area contributed by atoms with Crippen LogP contribution in [-0.2, 0) is 6.42 Å². The van der Waals surface area contributed by atoms with E-state index in [-0.39, 0.29) is 11.6 Å². The summed E-state index contributed by atoms with van der Waals surface area (Å²) in [6, 6.07) is 2.87. The number of benzene rings is 1. The molecule has 0 radical (unpaired) electrons. The zero-order valence-corrected chi connectivity index (χ0v) is 11.5. The molecule has 94 valence electrons. The van der Waals surface area contributed by atoms with Crippen LogP contribution in [0.1, 0.15) is 18.9 Å². The minimum Gasteiger partial charge on any atom is -0.316 e. The average Bonchev–Trinajstić information content (AvgIpc) is 3.02. The van der Waals surface area contributed by atoms with Gasteiger partial charge in [-0.15, -0.1) is 0 Å². The van der Waals surface area contributed by atoms with Gasteiger partial charge in [0.25, 0.3) is 0 Å². The van der Waals surface area contributed by atoms with Gasteiger partial charge in [0.15, 0.2) is 0 Å². The van der Waals surface area contributed by atoms with Gasteiger partial charge >= 0.3 is 0 Å². The van der Waals surface area contributed by atoms with Crippen molar-refractivity contribution in [3.8, 4) is 0 Å². The van der Waals surface area contributed by atoms with E-state index in [1.807, 2.05) is 7.05 Å². The Morgan fingerprint density at radius 3 is 2.65 bits per heavy atom. The summed E-state index contributed by atoms with van der Waals surface area (Å²) in [5, 5.41) is 3.17. The molecule has 1 N–H and O–H groups in total. The van der Waals surface area contributed by atoms with Crippen molar-refractivity contribution in [1.82, 2.24) is 5.32 Å². The summed E-state index contributed by atoms with van der Waals surface area (Å²) >= 11 is 3.09. The maximum atomic E-state index is 13.8. The van der Waals surface area contributed by atoms with Crippen molar-refractivity contribution in [2.24, 2.45) is 11.8 Å². The van der Waals surface area contributed by atoms with Gasteiger partial charge < -0.3 is 5.32 Å². The highest BCUT2D eigenvalue weighted by Crippen LogP contribution is 2.41. The second-order valence-electron chi connectivity index (χ2n) is 4.80. The van der Waals surface area contributed by atoms with Gasteiger partial charge in [-0.1, -0.05) is 6.92 Å². The molecule has 0 amide bonds. The van der Waals surface area contributed by atoms with Gasteiger partial charge in [-0.2, -0.15) is 0 Å². The Bertz CT molecular complexity index is 422. The minimum absolute atomic E-state index is 0.156. The lowest BCUT2D eigenvalue weighted by molar-refractivity contribution is 0.453. The SMILES string of the molecule is CNC(Cc1c(F)ccc(Br)c1F)C1CC1C. The monoisotopic (exact) mass is 303 g/mol. The van der Waals surface area contributed by atoms with E-state index in [0.717, 1.165) is 6.42 Å². The van der Waals surface area contributed by atoms with Crippen LogP contribution in [0.4, 0.5) is 8.78 Å². The Hall–Kier alpha value is -0.480. The molecular weight excluding hydrogens is 288 g/mol. The van der Waals surface area contributed by atoms with Crippen LogP contribution in [0.3, 0.4) is 0 Å². The van der Waals surface area contributed by atoms with Gasteiger partial charge in [-0.3, -0.25) is 0 Å². The second kappa shape index (κ2) is 5.02. The minimum atomic E-state index is -0.474. The van der Waals surface area contributed by atoms with Crippen LogP contribution in [0.2, 0.25) is 0 Å². The molecule has 1 aliphatic carbocycles. The fraction of sp³-hybridized carbons (Fsp3) is 0.538. The van der Waals surface area contributed by atoms with Crippen LogP contribution in [0.25, 0.3) is 0 Å². The maximum absolute atomic E-state index is 13.8. The fourth-order valence-corrected chi connectivity index (χ4v) is 2.73. The third kappa shape index (κ3) is 2.68. The summed E-state index contributed by atoms with van der Waals surface area (Å²) < 4.78 is 27.8. The van der Waals surface area contributed by atoms with Crippen molar-refractivity contribution < 1.29 is 8.78 Å². The first kappa shape index (κ1) is 13.0. The molecule has 0 aromatic heterocycles. The quantitative estimate of drug-likeness (QED) is 0.839. The predicted molar refractivity (Wildman–Crippen MR) is 67.9 cm³/mol. The molecule has 2 rings (SSSR count). The highest BCUT2D eigenvalue weighted by molar-refractivity contribution is 9.10. The van der Waals surface area contributed by atoms with Crippen molar-refractivity contribution in [1.29, 1.82) is 0 Å². The van der Waals surface area contributed by atoms with Crippen LogP contribution in [0, 0.1) is 23.5 Å². The molecule has 1 saturated carbocycles. The van der Waals surface area contributed by atoms with E-state index in [9.17, 15) is 8.78 Å². The first-order valence-electron chi connectivity index (χ1n) is 5.84. The molecule has 0 saturated heterocycles. The van der Waals surface area contributed by atoms with Gasteiger partial charge in [-0.05, 0) is 59.8 Å². The molecule has 0 bridgehead atoms. The lowest BCUT2D eigenvalue weighted by Gasteiger charge is -2.17. The Morgan fingerprint density at radius 1 is 1.47 bits per heavy atom. The van der Waals surface area contributed by atoms with E-state index in [4.69, 9.17) is 0 Å². The van der Waals surface area contributed by atoms with E-state index in [1.165, 1.54) is 12.1 Å². The number of halogens is 3. The molecule has 4 heteroatoms. The predicted octanol–water partition coefficient (Wildman–Crippen LogP) is 3.51. The maximum Gasteiger partial charge on any atom is 0.143 e. The molecule has 1 aliphatic rings. The Labute approximate surface area is 109 Å². The molecule has 1 nitrogen and oxygen atoms in total. The lowest BCUT2D eigenvalue weighted by atomic mass is 10.0. The summed E-state index contributed by atoms with van der Waals surface area (Å²) in [5.74, 6) is 0.265. The number of nitrogens with one attached hydrogen (secondary N) is 1. The summed E-state index contributed by atoms with van der Waals surface area (Å²) in [6.45, 7) is 2.17. The van der Waals surface area contributed by atoms with Crippen molar-refractivity contribution in [3.63, 3.8) is 0 Å². The molecule has 3 unspecified atom stereocenters. The second-order valence-corrected chi connectivity index (χ2v) is 5.65. The van der Waals surface area contributed by atoms with E-state index >= 15 is 0 Å². The van der Waals surface area contributed by atoms with Gasteiger partial charge in [0.2, 0.25) is 0 Å². The van der Waals surface area contributed by atoms with Crippen molar-refractivity contribution in [2.75, 3.05) is 7.05 Å². The molecule has 0 aliphatic heterocycles. The highest BCUT2D eigenvalue weighted by atomic mass is 79.9. The third-order valence-corrected chi connectivity index (χ3v) is 4.23.